The lowest BCUT2D eigenvalue weighted by atomic mass is 10.1. The number of fused-ring (bicyclic) bond motifs is 1. The molecule has 33 heavy (non-hydrogen) atoms. The first kappa shape index (κ1) is 23.7. The molecule has 0 saturated heterocycles. The Kier molecular flexibility index (Phi) is 7.27. The van der Waals surface area contributed by atoms with Crippen LogP contribution in [0.4, 0.5) is 13.2 Å². The Bertz CT molecular complexity index is 1250. The lowest BCUT2D eigenvalue weighted by Crippen LogP contribution is -2.14. The zero-order valence-corrected chi connectivity index (χ0v) is 18.5. The Morgan fingerprint density at radius 3 is 2.58 bits per heavy atom. The Labute approximate surface area is 189 Å². The van der Waals surface area contributed by atoms with Gasteiger partial charge in [-0.15, -0.1) is 5.11 Å². The molecule has 0 N–H and O–H groups in total. The summed E-state index contributed by atoms with van der Waals surface area (Å²) >= 11 is 0. The molecule has 0 bridgehead atoms. The average molecular weight is 456 g/mol. The Balaban J connectivity index is 1.64. The number of aromatic nitrogens is 2. The standard InChI is InChI=1S/C23H23F3N6O/c1-14(16-8-9-21-20(11-16)28-13-31(21)4)29-30-32(5)12-18-7-6-17(10-19(18)24)15(2)33-23(27-3)22(25)26/h6-11,13,22H,1-2,12H2,3-5H3. The largest absolute Gasteiger partial charge is 0.438 e. The van der Waals surface area contributed by atoms with Crippen LogP contribution in [-0.4, -0.2) is 41.0 Å². The molecule has 1 aromatic heterocycles. The highest BCUT2D eigenvalue weighted by Gasteiger charge is 2.17. The number of ether oxygens (including phenoxy) is 1. The molecule has 0 aliphatic heterocycles. The fraction of sp³-hybridized carbons (Fsp3) is 0.217. The van der Waals surface area contributed by atoms with Crippen LogP contribution in [0.1, 0.15) is 16.7 Å². The normalized spacial score (nSPS) is 12.0. The molecule has 10 heteroatoms. The summed E-state index contributed by atoms with van der Waals surface area (Å²) in [5.41, 5.74) is 3.56. The first-order valence-electron chi connectivity index (χ1n) is 9.83. The minimum atomic E-state index is -2.89. The molecule has 0 aliphatic rings. The van der Waals surface area contributed by atoms with Crippen LogP contribution in [0, 0.1) is 5.82 Å². The molecule has 172 valence electrons. The van der Waals surface area contributed by atoms with E-state index >= 15 is 0 Å². The highest BCUT2D eigenvalue weighted by molar-refractivity contribution is 5.84. The summed E-state index contributed by atoms with van der Waals surface area (Å²) in [6.07, 6.45) is -1.17. The SMILES string of the molecule is C=C(N=NN(C)Cc1ccc(C(=C)OC(=NC)C(F)F)cc1F)c1ccc2c(c1)ncn2C. The number of rotatable bonds is 8. The van der Waals surface area contributed by atoms with Gasteiger partial charge in [-0.25, -0.2) is 9.37 Å². The molecular weight excluding hydrogens is 433 g/mol. The molecular formula is C23H23F3N6O. The van der Waals surface area contributed by atoms with Crippen molar-refractivity contribution in [3.63, 3.8) is 0 Å². The van der Waals surface area contributed by atoms with Crippen molar-refractivity contribution in [1.82, 2.24) is 14.6 Å². The number of hydrogen-bond donors (Lipinski definition) is 0. The van der Waals surface area contributed by atoms with Crippen molar-refractivity contribution in [3.8, 4) is 0 Å². The minimum Gasteiger partial charge on any atom is -0.438 e. The van der Waals surface area contributed by atoms with Crippen molar-refractivity contribution in [2.75, 3.05) is 14.1 Å². The van der Waals surface area contributed by atoms with E-state index in [1.165, 1.54) is 24.2 Å². The molecule has 0 saturated carbocycles. The number of imidazole rings is 1. The quantitative estimate of drug-likeness (QED) is 0.149. The first-order chi connectivity index (χ1) is 15.7. The van der Waals surface area contributed by atoms with Crippen molar-refractivity contribution in [2.45, 2.75) is 13.0 Å². The van der Waals surface area contributed by atoms with Crippen LogP contribution in [0.5, 0.6) is 0 Å². The van der Waals surface area contributed by atoms with E-state index in [0.29, 0.717) is 11.3 Å². The van der Waals surface area contributed by atoms with Gasteiger partial charge in [0.15, 0.2) is 0 Å². The Morgan fingerprint density at radius 1 is 1.18 bits per heavy atom. The van der Waals surface area contributed by atoms with Gasteiger partial charge in [-0.2, -0.15) is 8.78 Å². The van der Waals surface area contributed by atoms with Crippen LogP contribution >= 0.6 is 0 Å². The molecule has 0 amide bonds. The van der Waals surface area contributed by atoms with Crippen molar-refractivity contribution < 1.29 is 17.9 Å². The second-order valence-corrected chi connectivity index (χ2v) is 7.20. The van der Waals surface area contributed by atoms with Crippen molar-refractivity contribution >= 4 is 28.4 Å². The molecule has 3 rings (SSSR count). The number of alkyl halides is 2. The summed E-state index contributed by atoms with van der Waals surface area (Å²) in [5, 5.41) is 9.64. The van der Waals surface area contributed by atoms with Gasteiger partial charge in [0.25, 0.3) is 5.90 Å². The topological polar surface area (TPSA) is 67.4 Å². The first-order valence-corrected chi connectivity index (χ1v) is 9.83. The molecule has 2 aromatic carbocycles. The van der Waals surface area contributed by atoms with E-state index in [1.807, 2.05) is 29.8 Å². The maximum absolute atomic E-state index is 14.6. The van der Waals surface area contributed by atoms with E-state index in [2.05, 4.69) is 33.5 Å². The van der Waals surface area contributed by atoms with Crippen molar-refractivity contribution in [1.29, 1.82) is 0 Å². The van der Waals surface area contributed by atoms with Gasteiger partial charge in [0, 0.05) is 37.8 Å². The van der Waals surface area contributed by atoms with E-state index in [1.54, 1.807) is 13.4 Å². The number of hydrogen-bond acceptors (Lipinski definition) is 5. The van der Waals surface area contributed by atoms with Gasteiger partial charge in [-0.3, -0.25) is 10.0 Å². The third-order valence-corrected chi connectivity index (χ3v) is 4.79. The lowest BCUT2D eigenvalue weighted by Gasteiger charge is -2.14. The predicted molar refractivity (Wildman–Crippen MR) is 122 cm³/mol. The van der Waals surface area contributed by atoms with Crippen LogP contribution in [0.15, 0.2) is 71.2 Å². The summed E-state index contributed by atoms with van der Waals surface area (Å²) in [5.74, 6) is -1.48. The highest BCUT2D eigenvalue weighted by atomic mass is 19.3. The predicted octanol–water partition coefficient (Wildman–Crippen LogP) is 5.46. The van der Waals surface area contributed by atoms with E-state index in [-0.39, 0.29) is 17.9 Å². The van der Waals surface area contributed by atoms with Gasteiger partial charge < -0.3 is 9.30 Å². The van der Waals surface area contributed by atoms with Crippen LogP contribution in [0.25, 0.3) is 22.5 Å². The highest BCUT2D eigenvalue weighted by Crippen LogP contribution is 2.22. The smallest absolute Gasteiger partial charge is 0.312 e. The second-order valence-electron chi connectivity index (χ2n) is 7.20. The van der Waals surface area contributed by atoms with Gasteiger partial charge in [-0.1, -0.05) is 36.6 Å². The molecule has 0 atom stereocenters. The summed E-state index contributed by atoms with van der Waals surface area (Å²) in [7, 11) is 4.72. The lowest BCUT2D eigenvalue weighted by molar-refractivity contribution is 0.196. The number of nitrogens with zero attached hydrogens (tertiary/aromatic N) is 6. The van der Waals surface area contributed by atoms with E-state index < -0.39 is 18.1 Å². The van der Waals surface area contributed by atoms with Crippen LogP contribution in [0.3, 0.4) is 0 Å². The molecule has 0 unspecified atom stereocenters. The maximum atomic E-state index is 14.6. The third kappa shape index (κ3) is 5.65. The second kappa shape index (κ2) is 10.1. The summed E-state index contributed by atoms with van der Waals surface area (Å²) < 4.78 is 46.9. The number of halogens is 3. The van der Waals surface area contributed by atoms with Gasteiger partial charge in [0.2, 0.25) is 0 Å². The minimum absolute atomic E-state index is 0.119. The van der Waals surface area contributed by atoms with Crippen molar-refractivity contribution in [3.05, 3.63) is 78.4 Å². The van der Waals surface area contributed by atoms with Crippen LogP contribution in [-0.2, 0) is 18.3 Å². The third-order valence-electron chi connectivity index (χ3n) is 4.79. The van der Waals surface area contributed by atoms with E-state index in [4.69, 9.17) is 4.74 Å². The molecule has 1 heterocycles. The molecule has 7 nitrogen and oxygen atoms in total. The zero-order valence-electron chi connectivity index (χ0n) is 18.5. The molecule has 0 aliphatic carbocycles. The maximum Gasteiger partial charge on any atom is 0.312 e. The number of aryl methyl sites for hydroxylation is 1. The van der Waals surface area contributed by atoms with Gasteiger partial charge in [0.1, 0.15) is 11.6 Å². The van der Waals surface area contributed by atoms with Crippen LogP contribution < -0.4 is 0 Å². The molecule has 3 aromatic rings. The van der Waals surface area contributed by atoms with Gasteiger partial charge in [-0.05, 0) is 18.2 Å². The monoisotopic (exact) mass is 456 g/mol. The Morgan fingerprint density at radius 2 is 1.91 bits per heavy atom. The Hall–Kier alpha value is -3.95. The summed E-state index contributed by atoms with van der Waals surface area (Å²) in [6, 6.07) is 9.84. The van der Waals surface area contributed by atoms with Crippen LogP contribution in [0.2, 0.25) is 0 Å². The molecule has 0 spiro atoms. The summed E-state index contributed by atoms with van der Waals surface area (Å²) in [4.78, 5) is 7.66. The molecule has 0 radical (unpaired) electrons. The van der Waals surface area contributed by atoms with Gasteiger partial charge in [0.05, 0.1) is 29.6 Å². The van der Waals surface area contributed by atoms with Crippen molar-refractivity contribution in [2.24, 2.45) is 22.4 Å². The summed E-state index contributed by atoms with van der Waals surface area (Å²) in [6.45, 7) is 7.61. The fourth-order valence-corrected chi connectivity index (χ4v) is 3.00. The van der Waals surface area contributed by atoms with E-state index in [9.17, 15) is 13.2 Å². The average Bonchev–Trinajstić information content (AvgIpc) is 3.16. The number of aliphatic imine (C=N–C) groups is 1. The number of benzene rings is 2. The zero-order chi connectivity index (χ0) is 24.1. The van der Waals surface area contributed by atoms with Gasteiger partial charge >= 0.3 is 6.43 Å². The fourth-order valence-electron chi connectivity index (χ4n) is 3.00. The van der Waals surface area contributed by atoms with E-state index in [0.717, 1.165) is 22.7 Å². The molecule has 0 fully saturated rings.